The van der Waals surface area contributed by atoms with Gasteiger partial charge >= 0.3 is 5.97 Å². The third kappa shape index (κ3) is 5.11. The number of aryl methyl sites for hydroxylation is 1. The Hall–Kier alpha value is -2.78. The Kier molecular flexibility index (Phi) is 7.91. The molecule has 9 heteroatoms. The molecular weight excluding hydrogens is 423 g/mol. The molecule has 0 atom stereocenters. The van der Waals surface area contributed by atoms with E-state index in [9.17, 15) is 22.4 Å². The predicted molar refractivity (Wildman–Crippen MR) is 115 cm³/mol. The maximum Gasteiger partial charge on any atom is 0.338 e. The Bertz CT molecular complexity index is 1100. The Balaban J connectivity index is 2.21. The molecule has 1 heterocycles. The molecule has 0 saturated carbocycles. The van der Waals surface area contributed by atoms with Crippen molar-refractivity contribution < 1.29 is 27.1 Å². The van der Waals surface area contributed by atoms with E-state index in [0.29, 0.717) is 12.1 Å². The van der Waals surface area contributed by atoms with Crippen molar-refractivity contribution in [3.05, 3.63) is 65.3 Å². The molecule has 1 aromatic heterocycles. The number of rotatable bonds is 10. The van der Waals surface area contributed by atoms with Crippen LogP contribution in [0, 0.1) is 19.7 Å². The zero-order valence-electron chi connectivity index (χ0n) is 18.1. The van der Waals surface area contributed by atoms with Crippen molar-refractivity contribution in [1.29, 1.82) is 0 Å². The molecule has 2 rings (SSSR count). The number of Topliss-reactive ketones (excluding diaryl/α,β-unsaturated/α-hetero) is 1. The van der Waals surface area contributed by atoms with E-state index in [4.69, 9.17) is 4.74 Å². The van der Waals surface area contributed by atoms with Crippen LogP contribution in [0.2, 0.25) is 0 Å². The molecule has 0 amide bonds. The lowest BCUT2D eigenvalue weighted by Gasteiger charge is -2.19. The van der Waals surface area contributed by atoms with Gasteiger partial charge in [-0.05, 0) is 38.1 Å². The summed E-state index contributed by atoms with van der Waals surface area (Å²) in [4.78, 5) is 24.3. The third-order valence-electron chi connectivity index (χ3n) is 5.01. The first kappa shape index (κ1) is 24.5. The number of hydrogen-bond donors (Lipinski definition) is 0. The molecule has 0 aliphatic rings. The highest BCUT2D eigenvalue weighted by molar-refractivity contribution is 7.89. The second-order valence-corrected chi connectivity index (χ2v) is 8.82. The first-order valence-electron chi connectivity index (χ1n) is 9.86. The van der Waals surface area contributed by atoms with Gasteiger partial charge in [-0.3, -0.25) is 4.79 Å². The first-order valence-corrected chi connectivity index (χ1v) is 11.3. The Morgan fingerprint density at radius 3 is 2.42 bits per heavy atom. The number of nitrogens with zero attached hydrogens (tertiary/aromatic N) is 2. The summed E-state index contributed by atoms with van der Waals surface area (Å²) in [5, 5.41) is 0. The molecule has 2 aromatic rings. The monoisotopic (exact) mass is 450 g/mol. The summed E-state index contributed by atoms with van der Waals surface area (Å²) in [7, 11) is -4.10. The summed E-state index contributed by atoms with van der Waals surface area (Å²) in [6, 6.07) is 4.67. The lowest BCUT2D eigenvalue weighted by molar-refractivity contribution is 0.0474. The summed E-state index contributed by atoms with van der Waals surface area (Å²) < 4.78 is 47.6. The minimum Gasteiger partial charge on any atom is -0.454 e. The van der Waals surface area contributed by atoms with Crippen molar-refractivity contribution in [3.63, 3.8) is 0 Å². The van der Waals surface area contributed by atoms with Crippen molar-refractivity contribution in [3.8, 4) is 0 Å². The van der Waals surface area contributed by atoms with Crippen molar-refractivity contribution in [1.82, 2.24) is 8.87 Å². The zero-order valence-corrected chi connectivity index (χ0v) is 19.0. The Morgan fingerprint density at radius 2 is 1.84 bits per heavy atom. The second kappa shape index (κ2) is 10.0. The first-order chi connectivity index (χ1) is 14.6. The summed E-state index contributed by atoms with van der Waals surface area (Å²) >= 11 is 0. The largest absolute Gasteiger partial charge is 0.454 e. The van der Waals surface area contributed by atoms with Crippen LogP contribution in [0.5, 0.6) is 0 Å². The fourth-order valence-corrected chi connectivity index (χ4v) is 4.86. The molecule has 0 radical (unpaired) electrons. The van der Waals surface area contributed by atoms with Gasteiger partial charge in [0.15, 0.2) is 6.61 Å². The maximum absolute atomic E-state index is 14.2. The molecule has 0 N–H and O–H groups in total. The fourth-order valence-electron chi connectivity index (χ4n) is 3.32. The van der Waals surface area contributed by atoms with E-state index in [1.807, 2.05) is 11.5 Å². The summed E-state index contributed by atoms with van der Waals surface area (Å²) in [5.41, 5.74) is 1.87. The predicted octanol–water partition coefficient (Wildman–Crippen LogP) is 3.50. The number of ether oxygens (including phenoxy) is 1. The lowest BCUT2D eigenvalue weighted by Crippen LogP contribution is -2.31. The molecule has 0 aliphatic carbocycles. The second-order valence-electron chi connectivity index (χ2n) is 6.92. The molecular formula is C22H27FN2O5S. The minimum absolute atomic E-state index is 0.155. The van der Waals surface area contributed by atoms with E-state index in [2.05, 4.69) is 6.58 Å². The van der Waals surface area contributed by atoms with Gasteiger partial charge < -0.3 is 9.30 Å². The van der Waals surface area contributed by atoms with Gasteiger partial charge in [-0.2, -0.15) is 4.31 Å². The van der Waals surface area contributed by atoms with Gasteiger partial charge in [0.1, 0.15) is 10.7 Å². The molecule has 0 spiro atoms. The van der Waals surface area contributed by atoms with Crippen LogP contribution in [0.4, 0.5) is 4.39 Å². The van der Waals surface area contributed by atoms with Gasteiger partial charge in [-0.1, -0.05) is 19.9 Å². The number of hydrogen-bond acceptors (Lipinski definition) is 5. The number of carbonyl (C=O) groups excluding carboxylic acids is 2. The van der Waals surface area contributed by atoms with E-state index in [1.165, 1.54) is 0 Å². The number of allylic oxidation sites excluding steroid dienone is 1. The number of sulfonamides is 1. The maximum atomic E-state index is 14.2. The van der Waals surface area contributed by atoms with Crippen molar-refractivity contribution >= 4 is 21.8 Å². The smallest absolute Gasteiger partial charge is 0.338 e. The molecule has 0 saturated heterocycles. The Morgan fingerprint density at radius 1 is 1.19 bits per heavy atom. The van der Waals surface area contributed by atoms with Gasteiger partial charge in [0.25, 0.3) is 0 Å². The standard InChI is InChI=1S/C22H27FN2O5S/c1-6-11-25-15(4)12-18(16(25)5)20(26)14-30-22(27)17-9-10-19(23)21(13-17)31(28,29)24(7-2)8-3/h6,9-10,12-13H,1,7-8,11,14H2,2-5H3. The van der Waals surface area contributed by atoms with Gasteiger partial charge in [0.2, 0.25) is 15.8 Å². The molecule has 168 valence electrons. The van der Waals surface area contributed by atoms with Crippen molar-refractivity contribution in [2.45, 2.75) is 39.1 Å². The molecule has 7 nitrogen and oxygen atoms in total. The minimum atomic E-state index is -4.10. The number of esters is 1. The van der Waals surface area contributed by atoms with Crippen LogP contribution in [-0.4, -0.2) is 48.7 Å². The summed E-state index contributed by atoms with van der Waals surface area (Å²) in [6.45, 7) is 10.9. The topological polar surface area (TPSA) is 85.7 Å². The molecule has 1 aromatic carbocycles. The third-order valence-corrected chi connectivity index (χ3v) is 7.08. The normalized spacial score (nSPS) is 11.5. The number of halogens is 1. The molecule has 0 fully saturated rings. The van der Waals surface area contributed by atoms with Gasteiger partial charge in [0, 0.05) is 36.6 Å². The van der Waals surface area contributed by atoms with Crippen LogP contribution in [0.3, 0.4) is 0 Å². The fraction of sp³-hybridized carbons (Fsp3) is 0.364. The van der Waals surface area contributed by atoms with Gasteiger partial charge in [0.05, 0.1) is 5.56 Å². The van der Waals surface area contributed by atoms with Crippen LogP contribution in [0.15, 0.2) is 41.8 Å². The van der Waals surface area contributed by atoms with Gasteiger partial charge in [-0.15, -0.1) is 6.58 Å². The van der Waals surface area contributed by atoms with E-state index < -0.39 is 39.1 Å². The number of benzene rings is 1. The quantitative estimate of drug-likeness (QED) is 0.314. The van der Waals surface area contributed by atoms with E-state index in [-0.39, 0.29) is 18.7 Å². The number of aromatic nitrogens is 1. The molecule has 0 aliphatic heterocycles. The van der Waals surface area contributed by atoms with Crippen LogP contribution in [0.1, 0.15) is 46.0 Å². The van der Waals surface area contributed by atoms with E-state index in [1.54, 1.807) is 32.9 Å². The SMILES string of the molecule is C=CCn1c(C)cc(C(=O)COC(=O)c2ccc(F)c(S(=O)(=O)N(CC)CC)c2)c1C. The van der Waals surface area contributed by atoms with Crippen molar-refractivity contribution in [2.24, 2.45) is 0 Å². The van der Waals surface area contributed by atoms with Gasteiger partial charge in [-0.25, -0.2) is 17.6 Å². The van der Waals surface area contributed by atoms with E-state index in [0.717, 1.165) is 33.9 Å². The highest BCUT2D eigenvalue weighted by Crippen LogP contribution is 2.22. The average Bonchev–Trinajstić information content (AvgIpc) is 3.01. The van der Waals surface area contributed by atoms with Crippen LogP contribution in [-0.2, 0) is 21.3 Å². The lowest BCUT2D eigenvalue weighted by atomic mass is 10.1. The van der Waals surface area contributed by atoms with Crippen molar-refractivity contribution in [2.75, 3.05) is 19.7 Å². The summed E-state index contributed by atoms with van der Waals surface area (Å²) in [5.74, 6) is -2.27. The molecule has 0 unspecified atom stereocenters. The van der Waals surface area contributed by atoms with Crippen LogP contribution < -0.4 is 0 Å². The highest BCUT2D eigenvalue weighted by atomic mass is 32.2. The highest BCUT2D eigenvalue weighted by Gasteiger charge is 2.27. The average molecular weight is 451 g/mol. The Labute approximate surface area is 182 Å². The van der Waals surface area contributed by atoms with Crippen LogP contribution in [0.25, 0.3) is 0 Å². The summed E-state index contributed by atoms with van der Waals surface area (Å²) in [6.07, 6.45) is 1.71. The number of carbonyl (C=O) groups is 2. The number of ketones is 1. The van der Waals surface area contributed by atoms with E-state index >= 15 is 0 Å². The zero-order chi connectivity index (χ0) is 23.3. The molecule has 0 bridgehead atoms. The van der Waals surface area contributed by atoms with Crippen LogP contribution >= 0.6 is 0 Å². The molecule has 31 heavy (non-hydrogen) atoms.